The van der Waals surface area contributed by atoms with E-state index in [1.165, 1.54) is 5.39 Å². The van der Waals surface area contributed by atoms with Crippen LogP contribution in [0.1, 0.15) is 5.69 Å². The molecule has 0 aliphatic rings. The number of benzene rings is 2. The summed E-state index contributed by atoms with van der Waals surface area (Å²) in [6.07, 6.45) is 0. The van der Waals surface area contributed by atoms with Gasteiger partial charge in [-0.2, -0.15) is 0 Å². The first-order valence-corrected chi connectivity index (χ1v) is 6.67. The van der Waals surface area contributed by atoms with Gasteiger partial charge in [-0.1, -0.05) is 42.5 Å². The molecule has 100 valence electrons. The second-order valence-corrected chi connectivity index (χ2v) is 4.76. The second kappa shape index (κ2) is 5.31. The molecule has 0 radical (unpaired) electrons. The zero-order valence-electron chi connectivity index (χ0n) is 11.5. The van der Waals surface area contributed by atoms with Crippen LogP contribution in [0.25, 0.3) is 10.8 Å². The Morgan fingerprint density at radius 1 is 1.00 bits per heavy atom. The number of rotatable bonds is 3. The first kappa shape index (κ1) is 12.6. The Bertz CT molecular complexity index is 723. The molecular formula is C17H17N3. The van der Waals surface area contributed by atoms with Gasteiger partial charge in [-0.3, -0.25) is 0 Å². The molecule has 0 bridgehead atoms. The highest BCUT2D eigenvalue weighted by atomic mass is 15.2. The van der Waals surface area contributed by atoms with E-state index in [-0.39, 0.29) is 0 Å². The number of fused-ring (bicyclic) bond motifs is 1. The van der Waals surface area contributed by atoms with E-state index in [0.29, 0.717) is 6.54 Å². The van der Waals surface area contributed by atoms with Crippen LogP contribution in [0.5, 0.6) is 0 Å². The van der Waals surface area contributed by atoms with Crippen molar-refractivity contribution in [1.82, 2.24) is 4.98 Å². The number of anilines is 2. The molecule has 0 aliphatic heterocycles. The van der Waals surface area contributed by atoms with Gasteiger partial charge in [-0.05, 0) is 23.6 Å². The average Bonchev–Trinajstić information content (AvgIpc) is 2.54. The van der Waals surface area contributed by atoms with Crippen LogP contribution >= 0.6 is 0 Å². The molecule has 1 aromatic heterocycles. The van der Waals surface area contributed by atoms with Crippen molar-refractivity contribution in [3.8, 4) is 0 Å². The molecule has 3 nitrogen and oxygen atoms in total. The third kappa shape index (κ3) is 2.24. The number of hydrogen-bond acceptors (Lipinski definition) is 3. The highest BCUT2D eigenvalue weighted by molar-refractivity contribution is 5.94. The maximum Gasteiger partial charge on any atom is 0.140 e. The summed E-state index contributed by atoms with van der Waals surface area (Å²) in [6, 6.07) is 20.5. The lowest BCUT2D eigenvalue weighted by Gasteiger charge is -2.21. The number of pyridine rings is 1. The molecule has 0 aliphatic carbocycles. The van der Waals surface area contributed by atoms with Crippen LogP contribution in [0.15, 0.2) is 60.7 Å². The lowest BCUT2D eigenvalue weighted by Crippen LogP contribution is -2.13. The minimum Gasteiger partial charge on any atom is -0.329 e. The van der Waals surface area contributed by atoms with E-state index in [4.69, 9.17) is 10.7 Å². The number of hydrogen-bond donors (Lipinski definition) is 1. The van der Waals surface area contributed by atoms with Gasteiger partial charge < -0.3 is 10.6 Å². The van der Waals surface area contributed by atoms with E-state index >= 15 is 0 Å². The van der Waals surface area contributed by atoms with Crippen molar-refractivity contribution in [3.05, 3.63) is 66.4 Å². The first-order chi connectivity index (χ1) is 9.79. The normalized spacial score (nSPS) is 10.7. The van der Waals surface area contributed by atoms with Crippen molar-refractivity contribution >= 4 is 22.3 Å². The summed E-state index contributed by atoms with van der Waals surface area (Å²) >= 11 is 0. The van der Waals surface area contributed by atoms with Crippen LogP contribution in [0.3, 0.4) is 0 Å². The molecule has 0 saturated carbocycles. The summed E-state index contributed by atoms with van der Waals surface area (Å²) in [5.41, 5.74) is 7.78. The summed E-state index contributed by atoms with van der Waals surface area (Å²) < 4.78 is 0. The molecule has 0 fully saturated rings. The van der Waals surface area contributed by atoms with E-state index in [0.717, 1.165) is 22.6 Å². The molecule has 0 atom stereocenters. The van der Waals surface area contributed by atoms with Gasteiger partial charge in [-0.25, -0.2) is 4.98 Å². The van der Waals surface area contributed by atoms with Crippen LogP contribution in [0, 0.1) is 0 Å². The van der Waals surface area contributed by atoms with Gasteiger partial charge >= 0.3 is 0 Å². The predicted molar refractivity (Wildman–Crippen MR) is 84.1 cm³/mol. The molecule has 0 saturated heterocycles. The van der Waals surface area contributed by atoms with Crippen molar-refractivity contribution < 1.29 is 0 Å². The minimum absolute atomic E-state index is 0.445. The van der Waals surface area contributed by atoms with Gasteiger partial charge in [0.1, 0.15) is 5.82 Å². The van der Waals surface area contributed by atoms with E-state index in [2.05, 4.69) is 35.2 Å². The van der Waals surface area contributed by atoms with Gasteiger partial charge in [0.05, 0.1) is 5.69 Å². The third-order valence-corrected chi connectivity index (χ3v) is 3.44. The lowest BCUT2D eigenvalue weighted by atomic mass is 10.1. The van der Waals surface area contributed by atoms with Crippen molar-refractivity contribution in [1.29, 1.82) is 0 Å². The standard InChI is InChI=1S/C17H17N3/c1-20(15-8-3-2-4-9-15)17-16-10-6-5-7-13(16)11-14(12-18)19-17/h2-11H,12,18H2,1H3. The number of nitrogens with two attached hydrogens (primary N) is 1. The fraction of sp³-hybridized carbons (Fsp3) is 0.118. The van der Waals surface area contributed by atoms with Crippen molar-refractivity contribution in [2.45, 2.75) is 6.54 Å². The van der Waals surface area contributed by atoms with E-state index in [1.807, 2.05) is 37.4 Å². The molecule has 20 heavy (non-hydrogen) atoms. The summed E-state index contributed by atoms with van der Waals surface area (Å²) in [5, 5.41) is 2.30. The van der Waals surface area contributed by atoms with Crippen LogP contribution in [-0.4, -0.2) is 12.0 Å². The van der Waals surface area contributed by atoms with Crippen LogP contribution in [-0.2, 0) is 6.54 Å². The Kier molecular flexibility index (Phi) is 3.35. The van der Waals surface area contributed by atoms with Crippen LogP contribution < -0.4 is 10.6 Å². The Hall–Kier alpha value is -2.39. The van der Waals surface area contributed by atoms with Crippen molar-refractivity contribution in [2.24, 2.45) is 5.73 Å². The van der Waals surface area contributed by atoms with Gasteiger partial charge in [0, 0.05) is 24.7 Å². The van der Waals surface area contributed by atoms with Crippen LogP contribution in [0.2, 0.25) is 0 Å². The summed E-state index contributed by atoms with van der Waals surface area (Å²) in [4.78, 5) is 6.80. The van der Waals surface area contributed by atoms with Crippen LogP contribution in [0.4, 0.5) is 11.5 Å². The Labute approximate surface area is 118 Å². The number of aromatic nitrogens is 1. The maximum atomic E-state index is 5.77. The Balaban J connectivity index is 2.19. The van der Waals surface area contributed by atoms with Gasteiger partial charge in [0.25, 0.3) is 0 Å². The molecule has 1 heterocycles. The third-order valence-electron chi connectivity index (χ3n) is 3.44. The molecule has 0 unspecified atom stereocenters. The summed E-state index contributed by atoms with van der Waals surface area (Å²) in [6.45, 7) is 0.445. The number of para-hydroxylation sites is 1. The topological polar surface area (TPSA) is 42.2 Å². The largest absolute Gasteiger partial charge is 0.329 e. The van der Waals surface area contributed by atoms with E-state index in [9.17, 15) is 0 Å². The van der Waals surface area contributed by atoms with Gasteiger partial charge in [0.15, 0.2) is 0 Å². The molecule has 3 heteroatoms. The zero-order valence-corrected chi connectivity index (χ0v) is 11.5. The first-order valence-electron chi connectivity index (χ1n) is 6.67. The quantitative estimate of drug-likeness (QED) is 0.787. The molecule has 2 N–H and O–H groups in total. The molecular weight excluding hydrogens is 246 g/mol. The van der Waals surface area contributed by atoms with Crippen molar-refractivity contribution in [2.75, 3.05) is 11.9 Å². The molecule has 0 spiro atoms. The van der Waals surface area contributed by atoms with Gasteiger partial charge in [0.2, 0.25) is 0 Å². The minimum atomic E-state index is 0.445. The average molecular weight is 263 g/mol. The zero-order chi connectivity index (χ0) is 13.9. The van der Waals surface area contributed by atoms with Gasteiger partial charge in [-0.15, -0.1) is 0 Å². The summed E-state index contributed by atoms with van der Waals surface area (Å²) in [5.74, 6) is 0.940. The highest BCUT2D eigenvalue weighted by Crippen LogP contribution is 2.29. The monoisotopic (exact) mass is 263 g/mol. The number of nitrogens with zero attached hydrogens (tertiary/aromatic N) is 2. The molecule has 2 aromatic carbocycles. The van der Waals surface area contributed by atoms with Crippen molar-refractivity contribution in [3.63, 3.8) is 0 Å². The maximum absolute atomic E-state index is 5.77. The second-order valence-electron chi connectivity index (χ2n) is 4.76. The molecule has 0 amide bonds. The van der Waals surface area contributed by atoms with E-state index < -0.39 is 0 Å². The fourth-order valence-corrected chi connectivity index (χ4v) is 2.37. The molecule has 3 aromatic rings. The Morgan fingerprint density at radius 3 is 2.45 bits per heavy atom. The molecule has 3 rings (SSSR count). The SMILES string of the molecule is CN(c1ccccc1)c1nc(CN)cc2ccccc12. The summed E-state index contributed by atoms with van der Waals surface area (Å²) in [7, 11) is 2.03. The lowest BCUT2D eigenvalue weighted by molar-refractivity contribution is 0.983. The smallest absolute Gasteiger partial charge is 0.140 e. The predicted octanol–water partition coefficient (Wildman–Crippen LogP) is 3.46. The Morgan fingerprint density at radius 2 is 1.70 bits per heavy atom. The van der Waals surface area contributed by atoms with E-state index in [1.54, 1.807) is 0 Å². The fourth-order valence-electron chi connectivity index (χ4n) is 2.37. The highest BCUT2D eigenvalue weighted by Gasteiger charge is 2.11.